The number of rotatable bonds is 2. The van der Waals surface area contributed by atoms with Crippen LogP contribution in [-0.4, -0.2) is 28.9 Å². The van der Waals surface area contributed by atoms with Crippen LogP contribution < -0.4 is 0 Å². The van der Waals surface area contributed by atoms with Crippen molar-refractivity contribution in [3.8, 4) is 0 Å². The largest absolute Gasteiger partial charge is 0.366 e. The van der Waals surface area contributed by atoms with Gasteiger partial charge >= 0.3 is 0 Å². The van der Waals surface area contributed by atoms with Crippen LogP contribution in [0.1, 0.15) is 29.2 Å². The molecule has 2 heterocycles. The summed E-state index contributed by atoms with van der Waals surface area (Å²) in [5, 5.41) is 11.5. The van der Waals surface area contributed by atoms with E-state index in [-0.39, 0.29) is 0 Å². The van der Waals surface area contributed by atoms with Crippen LogP contribution in [0.4, 0.5) is 0 Å². The van der Waals surface area contributed by atoms with Crippen molar-refractivity contribution in [1.29, 1.82) is 0 Å². The minimum Gasteiger partial charge on any atom is -0.366 e. The van der Waals surface area contributed by atoms with E-state index in [0.29, 0.717) is 6.42 Å². The lowest BCUT2D eigenvalue weighted by Gasteiger charge is -2.43. The third kappa shape index (κ3) is 1.89. The van der Waals surface area contributed by atoms with E-state index in [0.717, 1.165) is 36.5 Å². The van der Waals surface area contributed by atoms with Crippen molar-refractivity contribution in [2.45, 2.75) is 25.5 Å². The van der Waals surface area contributed by atoms with Gasteiger partial charge in [0.25, 0.3) is 0 Å². The Bertz CT molecular complexity index is 735. The first-order valence-corrected chi connectivity index (χ1v) is 7.94. The second-order valence-electron chi connectivity index (χ2n) is 6.06. The molecular weight excluding hydrogens is 272 g/mol. The van der Waals surface area contributed by atoms with Gasteiger partial charge in [0.15, 0.2) is 5.72 Å². The molecule has 0 saturated carbocycles. The normalized spacial score (nSPS) is 23.0. The first-order chi connectivity index (χ1) is 10.7. The van der Waals surface area contributed by atoms with Gasteiger partial charge in [0.2, 0.25) is 0 Å². The number of hydrogen-bond acceptors (Lipinski definition) is 3. The summed E-state index contributed by atoms with van der Waals surface area (Å²) in [6, 6.07) is 16.6. The fraction of sp³-hybridized carbons (Fsp3) is 0.316. The highest BCUT2D eigenvalue weighted by Crippen LogP contribution is 2.38. The third-order valence-electron chi connectivity index (χ3n) is 4.81. The molecule has 4 rings (SSSR count). The first-order valence-electron chi connectivity index (χ1n) is 7.94. The maximum Gasteiger partial charge on any atom is 0.169 e. The van der Waals surface area contributed by atoms with Crippen LogP contribution in [0.25, 0.3) is 0 Å². The second kappa shape index (κ2) is 4.96. The molecule has 2 aromatic carbocycles. The summed E-state index contributed by atoms with van der Waals surface area (Å²) in [6.45, 7) is 3.67. The Balaban J connectivity index is 1.83. The average molecular weight is 292 g/mol. The number of amidine groups is 1. The molecule has 2 aromatic rings. The van der Waals surface area contributed by atoms with E-state index in [2.05, 4.69) is 53.2 Å². The second-order valence-corrected chi connectivity index (χ2v) is 6.06. The molecule has 1 N–H and O–H groups in total. The molecular formula is C19H20N2O. The molecule has 0 fully saturated rings. The van der Waals surface area contributed by atoms with Gasteiger partial charge in [-0.15, -0.1) is 0 Å². The van der Waals surface area contributed by atoms with Crippen LogP contribution in [0.15, 0.2) is 53.5 Å². The Kier molecular flexibility index (Phi) is 3.05. The zero-order valence-corrected chi connectivity index (χ0v) is 12.8. The van der Waals surface area contributed by atoms with Crippen LogP contribution in [0.2, 0.25) is 0 Å². The maximum atomic E-state index is 11.5. The van der Waals surface area contributed by atoms with E-state index >= 15 is 0 Å². The van der Waals surface area contributed by atoms with Crippen LogP contribution in [0.3, 0.4) is 0 Å². The van der Waals surface area contributed by atoms with Crippen LogP contribution >= 0.6 is 0 Å². The van der Waals surface area contributed by atoms with Gasteiger partial charge in [0, 0.05) is 24.1 Å². The van der Waals surface area contributed by atoms with Crippen LogP contribution in [0.5, 0.6) is 0 Å². The number of aryl methyl sites for hydroxylation is 1. The number of aliphatic imine (C=N–C) groups is 1. The zero-order chi connectivity index (χ0) is 15.2. The molecule has 0 aliphatic carbocycles. The van der Waals surface area contributed by atoms with Gasteiger partial charge in [-0.3, -0.25) is 4.99 Å². The van der Waals surface area contributed by atoms with Crippen LogP contribution in [0, 0.1) is 0 Å². The minimum absolute atomic E-state index is 0.605. The minimum atomic E-state index is -0.990. The Morgan fingerprint density at radius 2 is 1.91 bits per heavy atom. The number of hydrogen-bond donors (Lipinski definition) is 1. The predicted octanol–water partition coefficient (Wildman–Crippen LogP) is 2.71. The number of fused-ring (bicyclic) bond motifs is 3. The predicted molar refractivity (Wildman–Crippen MR) is 88.0 cm³/mol. The highest BCUT2D eigenvalue weighted by molar-refractivity contribution is 6.02. The van der Waals surface area contributed by atoms with E-state index in [4.69, 9.17) is 0 Å². The van der Waals surface area contributed by atoms with E-state index in [1.54, 1.807) is 0 Å². The standard InChI is InChI=1S/C19H20N2O/c1-2-14-7-9-16(10-8-14)19(22)13-15-5-3-4-6-17(15)18-20-11-12-21(18)19/h3-10,22H,2,11-13H2,1H3. The molecule has 0 saturated heterocycles. The lowest BCUT2D eigenvalue weighted by molar-refractivity contribution is -0.0745. The van der Waals surface area contributed by atoms with E-state index in [1.165, 1.54) is 11.1 Å². The van der Waals surface area contributed by atoms with Gasteiger partial charge in [-0.25, -0.2) is 0 Å². The van der Waals surface area contributed by atoms with Gasteiger partial charge in [-0.2, -0.15) is 0 Å². The molecule has 2 aliphatic rings. The fourth-order valence-electron chi connectivity index (χ4n) is 3.56. The summed E-state index contributed by atoms with van der Waals surface area (Å²) in [7, 11) is 0. The Morgan fingerprint density at radius 3 is 2.68 bits per heavy atom. The van der Waals surface area contributed by atoms with E-state index in [1.807, 2.05) is 12.1 Å². The zero-order valence-electron chi connectivity index (χ0n) is 12.8. The third-order valence-corrected chi connectivity index (χ3v) is 4.81. The lowest BCUT2D eigenvalue weighted by atomic mass is 9.86. The van der Waals surface area contributed by atoms with Crippen molar-refractivity contribution in [2.75, 3.05) is 13.1 Å². The highest BCUT2D eigenvalue weighted by Gasteiger charge is 2.44. The van der Waals surface area contributed by atoms with E-state index < -0.39 is 5.72 Å². The highest BCUT2D eigenvalue weighted by atomic mass is 16.3. The summed E-state index contributed by atoms with van der Waals surface area (Å²) in [5.74, 6) is 0.934. The quantitative estimate of drug-likeness (QED) is 0.924. The van der Waals surface area contributed by atoms with Gasteiger partial charge in [0.1, 0.15) is 5.84 Å². The van der Waals surface area contributed by atoms with Gasteiger partial charge in [0.05, 0.1) is 6.54 Å². The molecule has 22 heavy (non-hydrogen) atoms. The molecule has 112 valence electrons. The van der Waals surface area contributed by atoms with Crippen molar-refractivity contribution in [2.24, 2.45) is 4.99 Å². The molecule has 2 aliphatic heterocycles. The molecule has 1 atom stereocenters. The summed E-state index contributed by atoms with van der Waals surface area (Å²) in [6.07, 6.45) is 1.62. The topological polar surface area (TPSA) is 35.8 Å². The number of aliphatic hydroxyl groups is 1. The molecule has 3 heteroatoms. The summed E-state index contributed by atoms with van der Waals surface area (Å²) in [4.78, 5) is 6.70. The molecule has 0 aromatic heterocycles. The molecule has 0 amide bonds. The number of benzene rings is 2. The van der Waals surface area contributed by atoms with E-state index in [9.17, 15) is 5.11 Å². The Labute approximate surface area is 130 Å². The lowest BCUT2D eigenvalue weighted by Crippen LogP contribution is -2.53. The average Bonchev–Trinajstić information content (AvgIpc) is 3.06. The monoisotopic (exact) mass is 292 g/mol. The van der Waals surface area contributed by atoms with Crippen molar-refractivity contribution < 1.29 is 5.11 Å². The fourth-order valence-corrected chi connectivity index (χ4v) is 3.56. The van der Waals surface area contributed by atoms with Crippen molar-refractivity contribution in [3.63, 3.8) is 0 Å². The van der Waals surface area contributed by atoms with Crippen LogP contribution in [-0.2, 0) is 18.6 Å². The molecule has 0 bridgehead atoms. The SMILES string of the molecule is CCc1ccc(C2(O)Cc3ccccc3C3=NCCN32)cc1. The molecule has 1 unspecified atom stereocenters. The Morgan fingerprint density at radius 1 is 1.14 bits per heavy atom. The Hall–Kier alpha value is -2.13. The van der Waals surface area contributed by atoms with Crippen molar-refractivity contribution >= 4 is 5.84 Å². The molecule has 3 nitrogen and oxygen atoms in total. The smallest absolute Gasteiger partial charge is 0.169 e. The summed E-state index contributed by atoms with van der Waals surface area (Å²) in [5.41, 5.74) is 3.58. The van der Waals surface area contributed by atoms with Gasteiger partial charge in [-0.05, 0) is 17.5 Å². The maximum absolute atomic E-state index is 11.5. The summed E-state index contributed by atoms with van der Waals surface area (Å²) < 4.78 is 0. The summed E-state index contributed by atoms with van der Waals surface area (Å²) >= 11 is 0. The first kappa shape index (κ1) is 13.5. The molecule has 0 spiro atoms. The van der Waals surface area contributed by atoms with Crippen molar-refractivity contribution in [3.05, 3.63) is 70.8 Å². The van der Waals surface area contributed by atoms with Gasteiger partial charge in [-0.1, -0.05) is 55.5 Å². The number of nitrogens with zero attached hydrogens (tertiary/aromatic N) is 2. The molecule has 0 radical (unpaired) electrons. The van der Waals surface area contributed by atoms with Crippen molar-refractivity contribution in [1.82, 2.24) is 4.90 Å². The van der Waals surface area contributed by atoms with Gasteiger partial charge < -0.3 is 10.0 Å².